The van der Waals surface area contributed by atoms with Gasteiger partial charge < -0.3 is 0 Å². The Kier molecular flexibility index (Phi) is 2.03. The second-order valence-corrected chi connectivity index (χ2v) is 3.84. The molecule has 3 heteroatoms. The van der Waals surface area contributed by atoms with Crippen LogP contribution >= 0.6 is 27.5 Å². The summed E-state index contributed by atoms with van der Waals surface area (Å²) in [7, 11) is 0. The van der Waals surface area contributed by atoms with Crippen LogP contribution in [0, 0.1) is 0 Å². The summed E-state index contributed by atoms with van der Waals surface area (Å²) in [5, 5.41) is 1.81. The first-order valence-electron chi connectivity index (χ1n) is 3.46. The summed E-state index contributed by atoms with van der Waals surface area (Å²) in [6.07, 6.45) is 1.76. The van der Waals surface area contributed by atoms with Gasteiger partial charge in [-0.2, -0.15) is 0 Å². The second-order valence-electron chi connectivity index (χ2n) is 2.49. The molecule has 60 valence electrons. The van der Waals surface area contributed by atoms with Crippen LogP contribution in [0.4, 0.5) is 0 Å². The van der Waals surface area contributed by atoms with Crippen LogP contribution in [-0.4, -0.2) is 4.98 Å². The molecule has 1 aromatic carbocycles. The van der Waals surface area contributed by atoms with E-state index in [9.17, 15) is 0 Å². The second kappa shape index (κ2) is 3.04. The first-order valence-corrected chi connectivity index (χ1v) is 4.63. The van der Waals surface area contributed by atoms with E-state index >= 15 is 0 Å². The predicted molar refractivity (Wildman–Crippen MR) is 54.5 cm³/mol. The lowest BCUT2D eigenvalue weighted by molar-refractivity contribution is 1.39. The van der Waals surface area contributed by atoms with Gasteiger partial charge in [0.25, 0.3) is 0 Å². The van der Waals surface area contributed by atoms with Crippen LogP contribution in [-0.2, 0) is 0 Å². The Morgan fingerprint density at radius 3 is 2.92 bits per heavy atom. The smallest absolute Gasteiger partial charge is 0.0717 e. The maximum Gasteiger partial charge on any atom is 0.0717 e. The fourth-order valence-corrected chi connectivity index (χ4v) is 1.58. The highest BCUT2D eigenvalue weighted by Crippen LogP contribution is 2.20. The van der Waals surface area contributed by atoms with E-state index in [-0.39, 0.29) is 0 Å². The van der Waals surface area contributed by atoms with Crippen molar-refractivity contribution in [3.05, 3.63) is 40.0 Å². The van der Waals surface area contributed by atoms with Crippen LogP contribution in [0.5, 0.6) is 0 Å². The molecule has 1 heterocycles. The molecule has 0 amide bonds. The molecule has 0 fully saturated rings. The minimum atomic E-state index is 0.720. The van der Waals surface area contributed by atoms with E-state index in [1.54, 1.807) is 6.20 Å². The maximum absolute atomic E-state index is 5.81. The minimum Gasteiger partial charge on any atom is -0.255 e. The lowest BCUT2D eigenvalue weighted by atomic mass is 10.2. The van der Waals surface area contributed by atoms with Gasteiger partial charge in [-0.1, -0.05) is 17.7 Å². The number of hydrogen-bond donors (Lipinski definition) is 0. The average molecular weight is 243 g/mol. The molecule has 0 aliphatic heterocycles. The van der Waals surface area contributed by atoms with E-state index in [1.807, 2.05) is 24.3 Å². The van der Waals surface area contributed by atoms with Gasteiger partial charge >= 0.3 is 0 Å². The van der Waals surface area contributed by atoms with Gasteiger partial charge in [-0.25, -0.2) is 0 Å². The van der Waals surface area contributed by atoms with Crippen LogP contribution < -0.4 is 0 Å². The molecule has 0 spiro atoms. The summed E-state index contributed by atoms with van der Waals surface area (Å²) in [4.78, 5) is 4.21. The summed E-state index contributed by atoms with van der Waals surface area (Å²) >= 11 is 9.16. The van der Waals surface area contributed by atoms with E-state index in [2.05, 4.69) is 20.9 Å². The van der Waals surface area contributed by atoms with Gasteiger partial charge in [0.05, 0.1) is 5.52 Å². The number of fused-ring (bicyclic) bond motifs is 1. The fourth-order valence-electron chi connectivity index (χ4n) is 1.07. The molecule has 0 saturated carbocycles. The summed E-state index contributed by atoms with van der Waals surface area (Å²) in [6, 6.07) is 7.68. The molecule has 0 saturated heterocycles. The van der Waals surface area contributed by atoms with E-state index in [0.717, 1.165) is 20.4 Å². The topological polar surface area (TPSA) is 12.9 Å². The Labute approximate surface area is 83.5 Å². The van der Waals surface area contributed by atoms with E-state index in [1.165, 1.54) is 0 Å². The monoisotopic (exact) mass is 241 g/mol. The summed E-state index contributed by atoms with van der Waals surface area (Å²) in [5.74, 6) is 0. The van der Waals surface area contributed by atoms with Gasteiger partial charge in [0.1, 0.15) is 0 Å². The van der Waals surface area contributed by atoms with E-state index in [4.69, 9.17) is 11.6 Å². The largest absolute Gasteiger partial charge is 0.255 e. The number of halogens is 2. The molecular formula is C9H5BrClN. The van der Waals surface area contributed by atoms with Gasteiger partial charge in [0.15, 0.2) is 0 Å². The minimum absolute atomic E-state index is 0.720. The van der Waals surface area contributed by atoms with Crippen LogP contribution in [0.15, 0.2) is 34.9 Å². The van der Waals surface area contributed by atoms with Crippen molar-refractivity contribution >= 4 is 38.4 Å². The highest BCUT2D eigenvalue weighted by Gasteiger charge is 1.95. The van der Waals surface area contributed by atoms with Crippen LogP contribution in [0.25, 0.3) is 10.9 Å². The number of pyridine rings is 1. The van der Waals surface area contributed by atoms with Crippen molar-refractivity contribution in [2.45, 2.75) is 0 Å². The van der Waals surface area contributed by atoms with E-state index in [0.29, 0.717) is 0 Å². The third kappa shape index (κ3) is 1.45. The molecular weight excluding hydrogens is 237 g/mol. The van der Waals surface area contributed by atoms with Crippen LogP contribution in [0.1, 0.15) is 0 Å². The zero-order valence-corrected chi connectivity index (χ0v) is 8.43. The Morgan fingerprint density at radius 1 is 1.25 bits per heavy atom. The molecule has 0 bridgehead atoms. The van der Waals surface area contributed by atoms with Gasteiger partial charge in [-0.3, -0.25) is 4.98 Å². The van der Waals surface area contributed by atoms with Crippen molar-refractivity contribution in [3.8, 4) is 0 Å². The molecule has 0 aliphatic carbocycles. The quantitative estimate of drug-likeness (QED) is 0.687. The Morgan fingerprint density at radius 2 is 2.08 bits per heavy atom. The normalized spacial score (nSPS) is 10.5. The first-order chi connectivity index (χ1) is 5.75. The summed E-state index contributed by atoms with van der Waals surface area (Å²) in [5.41, 5.74) is 0.922. The lowest BCUT2D eigenvalue weighted by Crippen LogP contribution is -1.77. The SMILES string of the molecule is Clc1ccc2cc(Br)cnc2c1. The predicted octanol–water partition coefficient (Wildman–Crippen LogP) is 3.65. The van der Waals surface area contributed by atoms with Crippen molar-refractivity contribution in [2.24, 2.45) is 0 Å². The first kappa shape index (κ1) is 8.02. The number of aromatic nitrogens is 1. The summed E-state index contributed by atoms with van der Waals surface area (Å²) in [6.45, 7) is 0. The van der Waals surface area contributed by atoms with Gasteiger partial charge in [-0.05, 0) is 34.1 Å². The molecule has 12 heavy (non-hydrogen) atoms. The van der Waals surface area contributed by atoms with Crippen LogP contribution in [0.2, 0.25) is 5.02 Å². The third-order valence-electron chi connectivity index (χ3n) is 1.61. The van der Waals surface area contributed by atoms with E-state index < -0.39 is 0 Å². The van der Waals surface area contributed by atoms with Crippen molar-refractivity contribution in [1.82, 2.24) is 4.98 Å². The number of nitrogens with zero attached hydrogens (tertiary/aromatic N) is 1. The van der Waals surface area contributed by atoms with Crippen molar-refractivity contribution in [1.29, 1.82) is 0 Å². The summed E-state index contributed by atoms with van der Waals surface area (Å²) < 4.78 is 0.984. The number of hydrogen-bond acceptors (Lipinski definition) is 1. The molecule has 2 rings (SSSR count). The highest BCUT2D eigenvalue weighted by molar-refractivity contribution is 9.10. The molecule has 2 aromatic rings. The van der Waals surface area contributed by atoms with Crippen molar-refractivity contribution in [2.75, 3.05) is 0 Å². The zero-order valence-electron chi connectivity index (χ0n) is 6.09. The van der Waals surface area contributed by atoms with Gasteiger partial charge in [0, 0.05) is 21.1 Å². The Hall–Kier alpha value is -0.600. The maximum atomic E-state index is 5.81. The zero-order chi connectivity index (χ0) is 8.55. The van der Waals surface area contributed by atoms with Crippen molar-refractivity contribution in [3.63, 3.8) is 0 Å². The van der Waals surface area contributed by atoms with Gasteiger partial charge in [0.2, 0.25) is 0 Å². The fraction of sp³-hybridized carbons (Fsp3) is 0. The molecule has 1 aromatic heterocycles. The molecule has 1 nitrogen and oxygen atoms in total. The van der Waals surface area contributed by atoms with Gasteiger partial charge in [-0.15, -0.1) is 0 Å². The standard InChI is InChI=1S/C9H5BrClN/c10-7-3-6-1-2-8(11)4-9(6)12-5-7/h1-5H. The Bertz CT molecular complexity index is 387. The molecule has 0 N–H and O–H groups in total. The molecule has 0 aliphatic rings. The number of benzene rings is 1. The van der Waals surface area contributed by atoms with Crippen LogP contribution in [0.3, 0.4) is 0 Å². The van der Waals surface area contributed by atoms with Crippen molar-refractivity contribution < 1.29 is 0 Å². The Balaban J connectivity index is 2.79. The molecule has 0 atom stereocenters. The molecule has 0 radical (unpaired) electrons. The third-order valence-corrected chi connectivity index (χ3v) is 2.28. The molecule has 0 unspecified atom stereocenters. The average Bonchev–Trinajstić information content (AvgIpc) is 2.05. The highest BCUT2D eigenvalue weighted by atomic mass is 79.9. The number of rotatable bonds is 0. The lowest BCUT2D eigenvalue weighted by Gasteiger charge is -1.97.